The van der Waals surface area contributed by atoms with E-state index in [4.69, 9.17) is 0 Å². The Labute approximate surface area is 165 Å². The van der Waals surface area contributed by atoms with E-state index in [1.165, 1.54) is 5.56 Å². The molecule has 0 aliphatic carbocycles. The molecule has 2 heterocycles. The largest absolute Gasteiger partial charge is 0.349 e. The molecule has 146 valence electrons. The minimum atomic E-state index is -3.69. The fourth-order valence-electron chi connectivity index (χ4n) is 3.93. The molecule has 0 N–H and O–H groups in total. The summed E-state index contributed by atoms with van der Waals surface area (Å²) in [6, 6.07) is 15.1. The highest BCUT2D eigenvalue weighted by molar-refractivity contribution is 7.90. The van der Waals surface area contributed by atoms with E-state index in [2.05, 4.69) is 28.7 Å². The van der Waals surface area contributed by atoms with Crippen LogP contribution in [0.3, 0.4) is 0 Å². The number of likely N-dealkylation sites (tertiary alicyclic amines) is 1. The monoisotopic (exact) mass is 397 g/mol. The van der Waals surface area contributed by atoms with Crippen LogP contribution in [-0.4, -0.2) is 50.1 Å². The molecule has 28 heavy (non-hydrogen) atoms. The Balaban J connectivity index is 1.53. The maximum atomic E-state index is 13.0. The summed E-state index contributed by atoms with van der Waals surface area (Å²) in [5, 5.41) is 0. The molecule has 2 aromatic rings. The molecule has 1 unspecified atom stereocenters. The Hall–Kier alpha value is -2.67. The van der Waals surface area contributed by atoms with Crippen molar-refractivity contribution >= 4 is 21.8 Å². The van der Waals surface area contributed by atoms with Gasteiger partial charge in [0.25, 0.3) is 10.0 Å². The summed E-state index contributed by atoms with van der Waals surface area (Å²) in [5.74, 6) is 0.310. The van der Waals surface area contributed by atoms with Gasteiger partial charge in [-0.2, -0.15) is 8.42 Å². The number of fused-ring (bicyclic) bond motifs is 1. The number of rotatable bonds is 3. The molecule has 0 spiro atoms. The van der Waals surface area contributed by atoms with Crippen molar-refractivity contribution in [3.63, 3.8) is 0 Å². The van der Waals surface area contributed by atoms with E-state index in [9.17, 15) is 13.2 Å². The molecule has 2 aliphatic rings. The molecule has 7 heteroatoms. The van der Waals surface area contributed by atoms with E-state index in [0.717, 1.165) is 18.4 Å². The topological polar surface area (TPSA) is 70.1 Å². The van der Waals surface area contributed by atoms with Gasteiger partial charge in [0.2, 0.25) is 5.91 Å². The number of carbonyl (C=O) groups excluding carboxylic acids is 1. The zero-order valence-electron chi connectivity index (χ0n) is 16.0. The van der Waals surface area contributed by atoms with Crippen LogP contribution in [-0.2, 0) is 14.8 Å². The molecular formula is C21H23N3O3S. The van der Waals surface area contributed by atoms with Gasteiger partial charge >= 0.3 is 0 Å². The highest BCUT2D eigenvalue weighted by Crippen LogP contribution is 2.32. The van der Waals surface area contributed by atoms with Gasteiger partial charge in [-0.25, -0.2) is 0 Å². The Bertz CT molecular complexity index is 1040. The highest BCUT2D eigenvalue weighted by Gasteiger charge is 2.34. The van der Waals surface area contributed by atoms with Gasteiger partial charge in [-0.3, -0.25) is 4.79 Å². The predicted molar refractivity (Wildman–Crippen MR) is 108 cm³/mol. The quantitative estimate of drug-likeness (QED) is 0.799. The fourth-order valence-corrected chi connectivity index (χ4v) is 5.18. The smallest absolute Gasteiger partial charge is 0.285 e. The molecule has 2 aromatic carbocycles. The molecule has 1 amide bonds. The average molecular weight is 398 g/mol. The van der Waals surface area contributed by atoms with Crippen molar-refractivity contribution in [1.29, 1.82) is 0 Å². The Kier molecular flexibility index (Phi) is 4.71. The standard InChI is InChI=1S/C21H23N3O3S/c1-15-9-11-16(12-10-15)18-7-5-13-24(18)20(25)14-23(2)21-17-6-3-4-8-19(17)28(26,27)22-21/h3-4,6,8-12,18H,5,7,13-14H2,1-2H3. The second-order valence-electron chi connectivity index (χ2n) is 7.40. The van der Waals surface area contributed by atoms with Gasteiger partial charge in [-0.05, 0) is 37.5 Å². The lowest BCUT2D eigenvalue weighted by molar-refractivity contribution is -0.132. The number of hydrogen-bond donors (Lipinski definition) is 0. The zero-order valence-corrected chi connectivity index (χ0v) is 16.8. The number of amidine groups is 1. The minimum absolute atomic E-state index is 0.0185. The van der Waals surface area contributed by atoms with Crippen LogP contribution >= 0.6 is 0 Å². The Morgan fingerprint density at radius 1 is 1.18 bits per heavy atom. The Morgan fingerprint density at radius 3 is 2.64 bits per heavy atom. The molecule has 4 rings (SSSR count). The zero-order chi connectivity index (χ0) is 19.9. The minimum Gasteiger partial charge on any atom is -0.349 e. The summed E-state index contributed by atoms with van der Waals surface area (Å²) in [6.07, 6.45) is 1.91. The molecule has 0 radical (unpaired) electrons. The molecule has 0 bridgehead atoms. The normalized spacial score (nSPS) is 20.0. The van der Waals surface area contributed by atoms with Crippen LogP contribution < -0.4 is 0 Å². The van der Waals surface area contributed by atoms with Crippen molar-refractivity contribution in [3.05, 3.63) is 65.2 Å². The van der Waals surface area contributed by atoms with E-state index in [1.54, 1.807) is 36.2 Å². The van der Waals surface area contributed by atoms with E-state index < -0.39 is 10.0 Å². The van der Waals surface area contributed by atoms with E-state index >= 15 is 0 Å². The average Bonchev–Trinajstić information content (AvgIpc) is 3.26. The number of benzene rings is 2. The van der Waals surface area contributed by atoms with Crippen molar-refractivity contribution in [2.45, 2.75) is 30.7 Å². The first-order valence-electron chi connectivity index (χ1n) is 9.38. The van der Waals surface area contributed by atoms with E-state index in [-0.39, 0.29) is 23.4 Å². The summed E-state index contributed by atoms with van der Waals surface area (Å²) in [6.45, 7) is 2.85. The third kappa shape index (κ3) is 3.30. The first-order chi connectivity index (χ1) is 13.4. The number of amides is 1. The molecular weight excluding hydrogens is 374 g/mol. The van der Waals surface area contributed by atoms with Crippen LogP contribution in [0.15, 0.2) is 57.8 Å². The lowest BCUT2D eigenvalue weighted by Crippen LogP contribution is -2.40. The summed E-state index contributed by atoms with van der Waals surface area (Å²) in [4.78, 5) is 16.7. The lowest BCUT2D eigenvalue weighted by Gasteiger charge is -2.28. The van der Waals surface area contributed by atoms with Crippen molar-refractivity contribution in [2.75, 3.05) is 20.1 Å². The molecule has 2 aliphatic heterocycles. The van der Waals surface area contributed by atoms with Crippen molar-refractivity contribution in [2.24, 2.45) is 4.40 Å². The van der Waals surface area contributed by atoms with Crippen LogP contribution in [0.1, 0.15) is 35.6 Å². The maximum absolute atomic E-state index is 13.0. The summed E-state index contributed by atoms with van der Waals surface area (Å²) >= 11 is 0. The molecule has 1 fully saturated rings. The molecule has 0 saturated carbocycles. The van der Waals surface area contributed by atoms with Gasteiger partial charge in [0.05, 0.1) is 12.6 Å². The predicted octanol–water partition coefficient (Wildman–Crippen LogP) is 2.74. The number of nitrogens with zero attached hydrogens (tertiary/aromatic N) is 3. The van der Waals surface area contributed by atoms with Gasteiger partial charge in [-0.1, -0.05) is 42.0 Å². The van der Waals surface area contributed by atoms with Gasteiger partial charge in [0.1, 0.15) is 4.90 Å². The Morgan fingerprint density at radius 2 is 1.89 bits per heavy atom. The number of carbonyl (C=O) groups is 1. The van der Waals surface area contributed by atoms with Crippen LogP contribution in [0.4, 0.5) is 0 Å². The van der Waals surface area contributed by atoms with E-state index in [1.807, 2.05) is 11.8 Å². The molecule has 0 aromatic heterocycles. The van der Waals surface area contributed by atoms with Crippen molar-refractivity contribution in [1.82, 2.24) is 9.80 Å². The molecule has 1 atom stereocenters. The maximum Gasteiger partial charge on any atom is 0.285 e. The van der Waals surface area contributed by atoms with Crippen LogP contribution in [0.5, 0.6) is 0 Å². The van der Waals surface area contributed by atoms with Crippen LogP contribution in [0.25, 0.3) is 0 Å². The number of sulfonamides is 1. The van der Waals surface area contributed by atoms with Gasteiger partial charge < -0.3 is 9.80 Å². The second-order valence-corrected chi connectivity index (χ2v) is 8.97. The number of likely N-dealkylation sites (N-methyl/N-ethyl adjacent to an activating group) is 1. The van der Waals surface area contributed by atoms with Crippen LogP contribution in [0.2, 0.25) is 0 Å². The first-order valence-corrected chi connectivity index (χ1v) is 10.8. The lowest BCUT2D eigenvalue weighted by atomic mass is 10.0. The summed E-state index contributed by atoms with van der Waals surface area (Å²) < 4.78 is 28.4. The number of aryl methyl sites for hydroxylation is 1. The van der Waals surface area contributed by atoms with E-state index in [0.29, 0.717) is 17.9 Å². The highest BCUT2D eigenvalue weighted by atomic mass is 32.2. The fraction of sp³-hybridized carbons (Fsp3) is 0.333. The van der Waals surface area contributed by atoms with Gasteiger partial charge in [0.15, 0.2) is 5.84 Å². The summed E-state index contributed by atoms with van der Waals surface area (Å²) in [7, 11) is -1.98. The number of hydrogen-bond acceptors (Lipinski definition) is 4. The van der Waals surface area contributed by atoms with Gasteiger partial charge in [-0.15, -0.1) is 4.40 Å². The first kappa shape index (κ1) is 18.7. The molecule has 6 nitrogen and oxygen atoms in total. The SMILES string of the molecule is Cc1ccc(C2CCCN2C(=O)CN(C)C2=NS(=O)(=O)c3ccccc32)cc1. The molecule has 1 saturated heterocycles. The third-order valence-corrected chi connectivity index (χ3v) is 6.71. The van der Waals surface area contributed by atoms with Crippen molar-refractivity contribution in [3.8, 4) is 0 Å². The van der Waals surface area contributed by atoms with Crippen LogP contribution in [0, 0.1) is 6.92 Å². The third-order valence-electron chi connectivity index (χ3n) is 5.38. The van der Waals surface area contributed by atoms with Gasteiger partial charge in [0, 0.05) is 19.2 Å². The summed E-state index contributed by atoms with van der Waals surface area (Å²) in [5.41, 5.74) is 2.89. The second kappa shape index (κ2) is 7.05. The van der Waals surface area contributed by atoms with Crippen molar-refractivity contribution < 1.29 is 13.2 Å².